The molecule has 0 saturated heterocycles. The molecule has 2 aromatic carbocycles. The minimum Gasteiger partial charge on any atom is -0.497 e. The van der Waals surface area contributed by atoms with Crippen LogP contribution in [0.15, 0.2) is 67.3 Å². The van der Waals surface area contributed by atoms with E-state index in [1.54, 1.807) is 48.5 Å². The number of methoxy groups -OCH3 is 1. The fraction of sp³-hybridized carbons (Fsp3) is 0.455. The summed E-state index contributed by atoms with van der Waals surface area (Å²) in [5.74, 6) is -2.89. The maximum atomic E-state index is 14.2. The summed E-state index contributed by atoms with van der Waals surface area (Å²) in [7, 11) is 1.49. The Balaban J connectivity index is 1.47. The lowest BCUT2D eigenvalue weighted by Gasteiger charge is -2.29. The Hall–Kier alpha value is -7.64. The quantitative estimate of drug-likeness (QED) is 0.0140. The molecule has 6 atom stereocenters. The molecule has 3 unspecified atom stereocenters. The number of nitrogens with two attached hydrogens (primary N) is 2. The van der Waals surface area contributed by atoms with Crippen LogP contribution in [0.1, 0.15) is 63.5 Å². The summed E-state index contributed by atoms with van der Waals surface area (Å²) < 4.78 is 17.4. The summed E-state index contributed by atoms with van der Waals surface area (Å²) in [6.45, 7) is 2.05. The van der Waals surface area contributed by atoms with Crippen molar-refractivity contribution in [3.63, 3.8) is 0 Å². The molecule has 0 aliphatic rings. The van der Waals surface area contributed by atoms with Crippen LogP contribution in [0.5, 0.6) is 5.75 Å². The van der Waals surface area contributed by atoms with Gasteiger partial charge in [-0.1, -0.05) is 42.5 Å². The van der Waals surface area contributed by atoms with Crippen molar-refractivity contribution in [3.8, 4) is 5.75 Å². The van der Waals surface area contributed by atoms with Gasteiger partial charge >= 0.3 is 6.09 Å². The number of nitrogens with one attached hydrogen (secondary N) is 8. The minimum atomic E-state index is -1.73. The number of imidazole rings is 1. The molecular formula is C44H62N14O11. The molecule has 0 radical (unpaired) electrons. The summed E-state index contributed by atoms with van der Waals surface area (Å²) in [4.78, 5) is 91.4. The van der Waals surface area contributed by atoms with Gasteiger partial charge in [0.2, 0.25) is 35.9 Å². The molecule has 6 amide bonds. The average molecular weight is 963 g/mol. The zero-order valence-electron chi connectivity index (χ0n) is 38.6. The van der Waals surface area contributed by atoms with Crippen LogP contribution >= 0.6 is 0 Å². The van der Waals surface area contributed by atoms with Crippen molar-refractivity contribution < 1.29 is 53.2 Å². The maximum absolute atomic E-state index is 14.2. The minimum absolute atomic E-state index is 0.0485. The molecule has 4 aromatic rings. The SMILES string of the molecule is COc1ccc(CC(NC(=O)C(CCCCNC(C)=O)NC(=O)CNC(=O)C(CCCNC(=N)N)NC(=O)OCc2ccccc2)C(=O)N[C@H](C)[C@@H](CO)O[C@H](O)n2cnc3c(N)ncnc32)cc1. The van der Waals surface area contributed by atoms with Crippen LogP contribution in [0.2, 0.25) is 0 Å². The maximum Gasteiger partial charge on any atom is 0.408 e. The number of benzene rings is 2. The topological polar surface area (TPSA) is 374 Å². The van der Waals surface area contributed by atoms with Crippen LogP contribution in [0, 0.1) is 5.41 Å². The summed E-state index contributed by atoms with van der Waals surface area (Å²) in [5.41, 5.74) is 12.9. The van der Waals surface area contributed by atoms with E-state index in [1.165, 1.54) is 33.6 Å². The van der Waals surface area contributed by atoms with Gasteiger partial charge in [0.15, 0.2) is 17.4 Å². The van der Waals surface area contributed by atoms with Gasteiger partial charge in [-0.25, -0.2) is 19.7 Å². The third kappa shape index (κ3) is 18.2. The van der Waals surface area contributed by atoms with Crippen molar-refractivity contribution in [2.75, 3.05) is 39.1 Å². The number of anilines is 1. The number of amides is 6. The molecule has 0 saturated carbocycles. The van der Waals surface area contributed by atoms with Gasteiger partial charge in [0, 0.05) is 26.4 Å². The molecule has 2 heterocycles. The third-order valence-corrected chi connectivity index (χ3v) is 10.4. The fourth-order valence-corrected chi connectivity index (χ4v) is 6.72. The monoisotopic (exact) mass is 962 g/mol. The Morgan fingerprint density at radius 1 is 0.797 bits per heavy atom. The first-order chi connectivity index (χ1) is 33.1. The lowest BCUT2D eigenvalue weighted by atomic mass is 10.0. The van der Waals surface area contributed by atoms with Gasteiger partial charge in [0.25, 0.3) is 0 Å². The number of hydrogen-bond donors (Lipinski definition) is 12. The Labute approximate surface area is 397 Å². The van der Waals surface area contributed by atoms with E-state index in [2.05, 4.69) is 52.2 Å². The highest BCUT2D eigenvalue weighted by molar-refractivity contribution is 5.94. The number of aromatic nitrogens is 4. The Kier molecular flexibility index (Phi) is 21.8. The van der Waals surface area contributed by atoms with Crippen LogP contribution in [-0.4, -0.2) is 135 Å². The normalized spacial score (nSPS) is 13.6. The number of nitrogens with zero attached hydrogens (tertiary/aromatic N) is 4. The smallest absolute Gasteiger partial charge is 0.408 e. The second kappa shape index (κ2) is 27.9. The van der Waals surface area contributed by atoms with Crippen molar-refractivity contribution in [1.29, 1.82) is 5.41 Å². The predicted octanol–water partition coefficient (Wildman–Crippen LogP) is -1.06. The lowest BCUT2D eigenvalue weighted by molar-refractivity contribution is -0.196. The highest BCUT2D eigenvalue weighted by Crippen LogP contribution is 2.20. The van der Waals surface area contributed by atoms with Gasteiger partial charge in [-0.15, -0.1) is 0 Å². The highest BCUT2D eigenvalue weighted by atomic mass is 16.6. The van der Waals surface area contributed by atoms with Crippen molar-refractivity contribution in [1.82, 2.24) is 56.7 Å². The zero-order valence-corrected chi connectivity index (χ0v) is 38.6. The number of fused-ring (bicyclic) bond motifs is 1. The molecule has 69 heavy (non-hydrogen) atoms. The van der Waals surface area contributed by atoms with Crippen LogP contribution < -0.4 is 53.4 Å². The van der Waals surface area contributed by atoms with E-state index in [9.17, 15) is 39.0 Å². The molecule has 0 spiro atoms. The van der Waals surface area contributed by atoms with E-state index >= 15 is 0 Å². The first-order valence-corrected chi connectivity index (χ1v) is 22.1. The number of hydrogen-bond acceptors (Lipinski definition) is 16. The number of aliphatic hydroxyl groups excluding tert-OH is 2. The number of unbranched alkanes of at least 4 members (excludes halogenated alkanes) is 1. The Morgan fingerprint density at radius 3 is 2.16 bits per heavy atom. The molecule has 374 valence electrons. The summed E-state index contributed by atoms with van der Waals surface area (Å²) >= 11 is 0. The summed E-state index contributed by atoms with van der Waals surface area (Å²) in [6, 6.07) is 11.0. The molecule has 0 fully saturated rings. The summed E-state index contributed by atoms with van der Waals surface area (Å²) in [6.07, 6.45) is -0.278. The van der Waals surface area contributed by atoms with E-state index in [1.807, 2.05) is 6.07 Å². The number of carbonyl (C=O) groups is 6. The number of ether oxygens (including phenoxy) is 3. The standard InChI is InChI=1S/C44H62N14O11/c1-26(34(22-59)69-44(66)58-25-53-36-37(45)51-24-52-38(36)58)54-41(64)33(20-28-14-16-30(67-3)17-15-28)56-40(63)32(12-7-8-18-48-27(2)60)55-35(61)21-50-39(62)31(13-9-19-49-42(46)47)57-43(65)68-23-29-10-5-4-6-11-29/h4-6,10-11,14-17,24-26,31-34,44,59,66H,7-9,12-13,18-23H2,1-3H3,(H,48,60)(H,50,62)(H,54,64)(H,55,61)(H,56,63)(H,57,65)(H2,45,51,52)(H4,46,47,49)/t26-,31?,32?,33?,34-,44+/m1/s1. The van der Waals surface area contributed by atoms with Gasteiger partial charge < -0.3 is 73.1 Å². The number of rotatable bonds is 28. The number of aliphatic hydroxyl groups is 2. The number of alkyl carbamates (subject to hydrolysis) is 1. The molecule has 4 rings (SSSR count). The number of nitrogen functional groups attached to an aromatic ring is 1. The van der Waals surface area contributed by atoms with E-state index in [-0.39, 0.29) is 67.7 Å². The molecule has 2 aromatic heterocycles. The largest absolute Gasteiger partial charge is 0.497 e. The van der Waals surface area contributed by atoms with Gasteiger partial charge in [-0.2, -0.15) is 0 Å². The van der Waals surface area contributed by atoms with E-state index in [4.69, 9.17) is 31.1 Å². The van der Waals surface area contributed by atoms with Crippen molar-refractivity contribution in [2.45, 2.75) is 95.7 Å². The first-order valence-electron chi connectivity index (χ1n) is 22.1. The molecule has 0 aliphatic carbocycles. The molecular weight excluding hydrogens is 901 g/mol. The average Bonchev–Trinajstić information content (AvgIpc) is 3.78. The molecule has 14 N–H and O–H groups in total. The number of carbonyl (C=O) groups excluding carboxylic acids is 6. The number of guanidine groups is 1. The van der Waals surface area contributed by atoms with E-state index in [0.717, 1.165) is 4.57 Å². The van der Waals surface area contributed by atoms with Crippen molar-refractivity contribution >= 4 is 58.6 Å². The fourth-order valence-electron chi connectivity index (χ4n) is 6.72. The second-order valence-electron chi connectivity index (χ2n) is 15.7. The zero-order chi connectivity index (χ0) is 50.3. The van der Waals surface area contributed by atoms with E-state index < -0.39 is 79.6 Å². The third-order valence-electron chi connectivity index (χ3n) is 10.4. The van der Waals surface area contributed by atoms with Gasteiger partial charge in [0.05, 0.1) is 26.3 Å². The van der Waals surface area contributed by atoms with Crippen LogP contribution in [0.25, 0.3) is 11.2 Å². The van der Waals surface area contributed by atoms with Gasteiger partial charge in [0.1, 0.15) is 54.8 Å². The molecule has 0 aliphatic heterocycles. The van der Waals surface area contributed by atoms with Gasteiger partial charge in [-0.05, 0) is 62.3 Å². The van der Waals surface area contributed by atoms with Crippen molar-refractivity contribution in [3.05, 3.63) is 78.4 Å². The Bertz CT molecular complexity index is 2320. The lowest BCUT2D eigenvalue weighted by Crippen LogP contribution is -2.57. The highest BCUT2D eigenvalue weighted by Gasteiger charge is 2.31. The molecule has 25 nitrogen and oxygen atoms in total. The van der Waals surface area contributed by atoms with Crippen molar-refractivity contribution in [2.24, 2.45) is 5.73 Å². The second-order valence-corrected chi connectivity index (χ2v) is 15.7. The molecule has 0 bridgehead atoms. The van der Waals surface area contributed by atoms with Crippen LogP contribution in [0.4, 0.5) is 10.6 Å². The first kappa shape index (κ1) is 54.0. The molecule has 25 heteroatoms. The van der Waals surface area contributed by atoms with Crippen LogP contribution in [-0.2, 0) is 46.5 Å². The van der Waals surface area contributed by atoms with Gasteiger partial charge in [-0.3, -0.25) is 33.9 Å². The van der Waals surface area contributed by atoms with E-state index in [0.29, 0.717) is 36.3 Å². The van der Waals surface area contributed by atoms with Crippen LogP contribution in [0.3, 0.4) is 0 Å². The predicted molar refractivity (Wildman–Crippen MR) is 249 cm³/mol. The Morgan fingerprint density at radius 2 is 1.48 bits per heavy atom. The summed E-state index contributed by atoms with van der Waals surface area (Å²) in [5, 5.41) is 47.0.